The molecule has 3 aromatic rings. The zero-order valence-electron chi connectivity index (χ0n) is 17.3. The number of benzene rings is 3. The molecule has 3 aromatic carbocycles. The lowest BCUT2D eigenvalue weighted by Gasteiger charge is -2.26. The number of carbonyl (C=O) groups excluding carboxylic acids is 1. The second-order valence-electron chi connectivity index (χ2n) is 6.50. The van der Waals surface area contributed by atoms with Crippen molar-refractivity contribution in [1.82, 2.24) is 0 Å². The SMILES string of the molecule is CCOc1ccccc1N(CC(=O)Nc1ccccc1)S(=O)(=O)c1ccc(SC)cc1. The van der Waals surface area contributed by atoms with Gasteiger partial charge in [-0.3, -0.25) is 9.10 Å². The summed E-state index contributed by atoms with van der Waals surface area (Å²) >= 11 is 1.52. The summed E-state index contributed by atoms with van der Waals surface area (Å²) in [6.07, 6.45) is 1.92. The van der Waals surface area contributed by atoms with Gasteiger partial charge in [0.25, 0.3) is 10.0 Å². The lowest BCUT2D eigenvalue weighted by Crippen LogP contribution is -2.38. The molecule has 31 heavy (non-hydrogen) atoms. The Balaban J connectivity index is 2.00. The highest BCUT2D eigenvalue weighted by atomic mass is 32.2. The van der Waals surface area contributed by atoms with Gasteiger partial charge in [-0.05, 0) is 61.7 Å². The van der Waals surface area contributed by atoms with Crippen molar-refractivity contribution in [1.29, 1.82) is 0 Å². The minimum Gasteiger partial charge on any atom is -0.492 e. The Labute approximate surface area is 187 Å². The first kappa shape index (κ1) is 22.7. The first-order chi connectivity index (χ1) is 15.0. The minimum atomic E-state index is -4.02. The van der Waals surface area contributed by atoms with Crippen LogP contribution in [0.25, 0.3) is 0 Å². The quantitative estimate of drug-likeness (QED) is 0.475. The van der Waals surface area contributed by atoms with Crippen molar-refractivity contribution in [2.24, 2.45) is 0 Å². The van der Waals surface area contributed by atoms with Crippen molar-refractivity contribution in [3.63, 3.8) is 0 Å². The van der Waals surface area contributed by atoms with Crippen molar-refractivity contribution >= 4 is 39.1 Å². The molecule has 0 fully saturated rings. The Morgan fingerprint density at radius 1 is 0.968 bits per heavy atom. The van der Waals surface area contributed by atoms with Crippen LogP contribution in [-0.4, -0.2) is 33.7 Å². The molecule has 0 bridgehead atoms. The molecular formula is C23H24N2O4S2. The number of carbonyl (C=O) groups is 1. The third-order valence-electron chi connectivity index (χ3n) is 4.43. The fourth-order valence-corrected chi connectivity index (χ4v) is 4.81. The van der Waals surface area contributed by atoms with E-state index in [1.807, 2.05) is 19.2 Å². The molecule has 0 aliphatic carbocycles. The number of amides is 1. The predicted molar refractivity (Wildman–Crippen MR) is 125 cm³/mol. The largest absolute Gasteiger partial charge is 0.492 e. The summed E-state index contributed by atoms with van der Waals surface area (Å²) in [5.41, 5.74) is 0.897. The van der Waals surface area contributed by atoms with Crippen molar-refractivity contribution in [3.8, 4) is 5.75 Å². The Hall–Kier alpha value is -2.97. The topological polar surface area (TPSA) is 75.7 Å². The molecule has 0 radical (unpaired) electrons. The van der Waals surface area contributed by atoms with E-state index < -0.39 is 22.5 Å². The predicted octanol–water partition coefficient (Wildman–Crippen LogP) is 4.64. The van der Waals surface area contributed by atoms with E-state index in [1.165, 1.54) is 11.8 Å². The van der Waals surface area contributed by atoms with Gasteiger partial charge < -0.3 is 10.1 Å². The number of sulfonamides is 1. The summed E-state index contributed by atoms with van der Waals surface area (Å²) in [5, 5.41) is 2.75. The van der Waals surface area contributed by atoms with Crippen LogP contribution in [-0.2, 0) is 14.8 Å². The highest BCUT2D eigenvalue weighted by Gasteiger charge is 2.29. The van der Waals surface area contributed by atoms with Crippen molar-refractivity contribution in [3.05, 3.63) is 78.9 Å². The fourth-order valence-electron chi connectivity index (χ4n) is 2.97. The zero-order valence-corrected chi connectivity index (χ0v) is 18.9. The minimum absolute atomic E-state index is 0.101. The van der Waals surface area contributed by atoms with E-state index in [0.717, 1.165) is 9.20 Å². The van der Waals surface area contributed by atoms with Crippen LogP contribution < -0.4 is 14.4 Å². The van der Waals surface area contributed by atoms with E-state index in [9.17, 15) is 13.2 Å². The Morgan fingerprint density at radius 3 is 2.26 bits per heavy atom. The van der Waals surface area contributed by atoms with Gasteiger partial charge in [0.2, 0.25) is 5.91 Å². The molecule has 0 aromatic heterocycles. The number of hydrogen-bond acceptors (Lipinski definition) is 5. The number of nitrogens with zero attached hydrogens (tertiary/aromatic N) is 1. The van der Waals surface area contributed by atoms with Crippen LogP contribution in [0.2, 0.25) is 0 Å². The maximum absolute atomic E-state index is 13.6. The summed E-state index contributed by atoms with van der Waals surface area (Å²) in [7, 11) is -4.02. The van der Waals surface area contributed by atoms with E-state index in [2.05, 4.69) is 5.32 Å². The summed E-state index contributed by atoms with van der Waals surface area (Å²) in [4.78, 5) is 13.8. The summed E-state index contributed by atoms with van der Waals surface area (Å²) in [6, 6.07) is 22.3. The van der Waals surface area contributed by atoms with E-state index >= 15 is 0 Å². The molecule has 0 saturated carbocycles. The number of anilines is 2. The zero-order chi connectivity index (χ0) is 22.3. The second-order valence-corrected chi connectivity index (χ2v) is 9.24. The van der Waals surface area contributed by atoms with Gasteiger partial charge in [-0.2, -0.15) is 0 Å². The van der Waals surface area contributed by atoms with Crippen LogP contribution in [0.5, 0.6) is 5.75 Å². The molecule has 0 aliphatic rings. The van der Waals surface area contributed by atoms with Gasteiger partial charge in [0, 0.05) is 10.6 Å². The summed E-state index contributed by atoms with van der Waals surface area (Å²) < 4.78 is 33.9. The van der Waals surface area contributed by atoms with Gasteiger partial charge in [-0.25, -0.2) is 8.42 Å². The maximum Gasteiger partial charge on any atom is 0.264 e. The molecule has 162 valence electrons. The first-order valence-electron chi connectivity index (χ1n) is 9.69. The number of nitrogens with one attached hydrogen (secondary N) is 1. The first-order valence-corrected chi connectivity index (χ1v) is 12.4. The van der Waals surface area contributed by atoms with Gasteiger partial charge in [-0.15, -0.1) is 11.8 Å². The van der Waals surface area contributed by atoms with Gasteiger partial charge in [-0.1, -0.05) is 30.3 Å². The third kappa shape index (κ3) is 5.59. The normalized spacial score (nSPS) is 11.0. The lowest BCUT2D eigenvalue weighted by atomic mass is 10.3. The van der Waals surface area contributed by atoms with Gasteiger partial charge in [0.1, 0.15) is 12.3 Å². The monoisotopic (exact) mass is 456 g/mol. The van der Waals surface area contributed by atoms with Gasteiger partial charge >= 0.3 is 0 Å². The van der Waals surface area contributed by atoms with E-state index in [0.29, 0.717) is 23.7 Å². The average Bonchev–Trinajstić information content (AvgIpc) is 2.79. The van der Waals surface area contributed by atoms with Crippen molar-refractivity contribution < 1.29 is 17.9 Å². The number of rotatable bonds is 9. The average molecular weight is 457 g/mol. The number of hydrogen-bond donors (Lipinski definition) is 1. The Kier molecular flexibility index (Phi) is 7.59. The van der Waals surface area contributed by atoms with Crippen molar-refractivity contribution in [2.45, 2.75) is 16.7 Å². The molecule has 1 N–H and O–H groups in total. The van der Waals surface area contributed by atoms with Crippen molar-refractivity contribution in [2.75, 3.05) is 29.0 Å². The van der Waals surface area contributed by atoms with Crippen LogP contribution in [0.3, 0.4) is 0 Å². The van der Waals surface area contributed by atoms with Crippen LogP contribution in [0, 0.1) is 0 Å². The molecule has 0 heterocycles. The molecule has 0 saturated heterocycles. The number of ether oxygens (including phenoxy) is 1. The highest BCUT2D eigenvalue weighted by Crippen LogP contribution is 2.33. The second kappa shape index (κ2) is 10.4. The number of thioether (sulfide) groups is 1. The fraction of sp³-hybridized carbons (Fsp3) is 0.174. The highest BCUT2D eigenvalue weighted by molar-refractivity contribution is 7.98. The van der Waals surface area contributed by atoms with Gasteiger partial charge in [0.15, 0.2) is 0 Å². The van der Waals surface area contributed by atoms with E-state index in [4.69, 9.17) is 4.74 Å². The Bertz CT molecular complexity index is 1120. The molecule has 1 amide bonds. The van der Waals surface area contributed by atoms with Crippen LogP contribution in [0.1, 0.15) is 6.92 Å². The van der Waals surface area contributed by atoms with Gasteiger partial charge in [0.05, 0.1) is 17.2 Å². The lowest BCUT2D eigenvalue weighted by molar-refractivity contribution is -0.114. The molecule has 8 heteroatoms. The van der Waals surface area contributed by atoms with Crippen LogP contribution in [0.15, 0.2) is 88.7 Å². The summed E-state index contributed by atoms with van der Waals surface area (Å²) in [6.45, 7) is 1.79. The van der Waals surface area contributed by atoms with Crippen LogP contribution >= 0.6 is 11.8 Å². The molecule has 3 rings (SSSR count). The standard InChI is InChI=1S/C23H24N2O4S2/c1-3-29-22-12-8-7-11-21(22)25(17-23(26)24-18-9-5-4-6-10-18)31(27,28)20-15-13-19(30-2)14-16-20/h4-16H,3,17H2,1-2H3,(H,24,26). The van der Waals surface area contributed by atoms with E-state index in [-0.39, 0.29) is 4.90 Å². The molecular weight excluding hydrogens is 432 g/mol. The number of para-hydroxylation sites is 3. The third-order valence-corrected chi connectivity index (χ3v) is 6.94. The molecule has 0 unspecified atom stereocenters. The summed E-state index contributed by atoms with van der Waals surface area (Å²) in [5.74, 6) is -0.0661. The Morgan fingerprint density at radius 2 is 1.61 bits per heavy atom. The molecule has 0 atom stereocenters. The van der Waals surface area contributed by atoms with E-state index in [1.54, 1.807) is 72.8 Å². The molecule has 0 aliphatic heterocycles. The molecule has 0 spiro atoms. The smallest absolute Gasteiger partial charge is 0.264 e. The maximum atomic E-state index is 13.6. The molecule has 6 nitrogen and oxygen atoms in total. The van der Waals surface area contributed by atoms with Crippen LogP contribution in [0.4, 0.5) is 11.4 Å².